The van der Waals surface area contributed by atoms with Gasteiger partial charge in [0.2, 0.25) is 5.91 Å². The highest BCUT2D eigenvalue weighted by Crippen LogP contribution is 2.21. The van der Waals surface area contributed by atoms with Crippen molar-refractivity contribution < 1.29 is 19.1 Å². The van der Waals surface area contributed by atoms with Gasteiger partial charge in [0, 0.05) is 55.8 Å². The maximum absolute atomic E-state index is 12.7. The molecule has 2 heterocycles. The lowest BCUT2D eigenvalue weighted by molar-refractivity contribution is -0.117. The lowest BCUT2D eigenvalue weighted by Gasteiger charge is -2.40. The highest BCUT2D eigenvalue weighted by molar-refractivity contribution is 5.92. The van der Waals surface area contributed by atoms with E-state index in [4.69, 9.17) is 9.47 Å². The average molecular weight is 453 g/mol. The molecule has 0 radical (unpaired) electrons. The molecule has 2 saturated heterocycles. The molecule has 0 spiro atoms. The first kappa shape index (κ1) is 23.1. The third-order valence-corrected chi connectivity index (χ3v) is 6.29. The molecule has 1 atom stereocenters. The molecule has 2 aromatic carbocycles. The Bertz CT molecular complexity index is 942. The van der Waals surface area contributed by atoms with Crippen LogP contribution in [0.15, 0.2) is 48.5 Å². The number of ether oxygens (including phenoxy) is 2. The molecule has 1 amide bonds. The monoisotopic (exact) mass is 452 g/mol. The van der Waals surface area contributed by atoms with Gasteiger partial charge in [-0.1, -0.05) is 0 Å². The first-order valence-corrected chi connectivity index (χ1v) is 11.4. The van der Waals surface area contributed by atoms with E-state index in [1.54, 1.807) is 12.1 Å². The number of carbonyl (C=O) groups excluding carboxylic acids is 2. The number of piperazine rings is 1. The van der Waals surface area contributed by atoms with Gasteiger partial charge in [0.05, 0.1) is 32.4 Å². The van der Waals surface area contributed by atoms with Crippen LogP contribution in [0.1, 0.15) is 17.3 Å². The summed E-state index contributed by atoms with van der Waals surface area (Å²) < 4.78 is 10.2. The van der Waals surface area contributed by atoms with Crippen molar-refractivity contribution >= 4 is 28.9 Å². The SMILES string of the molecule is COC(=O)c1ccc(N2CCN(CC(=O)Nc3ccc(N4CCOCC4)cc3)C(C)C2)cc1. The van der Waals surface area contributed by atoms with Crippen molar-refractivity contribution in [2.75, 3.05) is 74.7 Å². The molecule has 2 aliphatic heterocycles. The Labute approximate surface area is 195 Å². The number of carbonyl (C=O) groups is 2. The molecule has 4 rings (SSSR count). The predicted molar refractivity (Wildman–Crippen MR) is 129 cm³/mol. The van der Waals surface area contributed by atoms with Crippen LogP contribution >= 0.6 is 0 Å². The molecular weight excluding hydrogens is 420 g/mol. The van der Waals surface area contributed by atoms with Crippen molar-refractivity contribution in [2.24, 2.45) is 0 Å². The first-order chi connectivity index (χ1) is 16.0. The average Bonchev–Trinajstić information content (AvgIpc) is 2.86. The molecule has 8 nitrogen and oxygen atoms in total. The fourth-order valence-corrected chi connectivity index (χ4v) is 4.35. The van der Waals surface area contributed by atoms with E-state index < -0.39 is 0 Å². The quantitative estimate of drug-likeness (QED) is 0.675. The van der Waals surface area contributed by atoms with Crippen molar-refractivity contribution in [2.45, 2.75) is 13.0 Å². The maximum Gasteiger partial charge on any atom is 0.337 e. The molecule has 0 aliphatic carbocycles. The topological polar surface area (TPSA) is 74.4 Å². The summed E-state index contributed by atoms with van der Waals surface area (Å²) in [5, 5.41) is 3.02. The third-order valence-electron chi connectivity index (χ3n) is 6.29. The summed E-state index contributed by atoms with van der Waals surface area (Å²) in [5.74, 6) is -0.335. The molecular formula is C25H32N4O4. The summed E-state index contributed by atoms with van der Waals surface area (Å²) in [4.78, 5) is 31.1. The van der Waals surface area contributed by atoms with Crippen LogP contribution < -0.4 is 15.1 Å². The van der Waals surface area contributed by atoms with E-state index in [2.05, 4.69) is 26.9 Å². The van der Waals surface area contributed by atoms with Crippen LogP contribution in [-0.4, -0.2) is 82.4 Å². The van der Waals surface area contributed by atoms with E-state index in [1.807, 2.05) is 36.4 Å². The van der Waals surface area contributed by atoms with E-state index in [0.29, 0.717) is 12.1 Å². The maximum atomic E-state index is 12.7. The van der Waals surface area contributed by atoms with E-state index in [-0.39, 0.29) is 17.9 Å². The Balaban J connectivity index is 1.26. The Hall–Kier alpha value is -3.10. The highest BCUT2D eigenvalue weighted by Gasteiger charge is 2.25. The lowest BCUT2D eigenvalue weighted by Crippen LogP contribution is -2.53. The molecule has 0 bridgehead atoms. The zero-order chi connectivity index (χ0) is 23.2. The number of nitrogens with one attached hydrogen (secondary N) is 1. The fraction of sp³-hybridized carbons (Fsp3) is 0.440. The number of methoxy groups -OCH3 is 1. The van der Waals surface area contributed by atoms with Crippen molar-refractivity contribution in [3.63, 3.8) is 0 Å². The Kier molecular flexibility index (Phi) is 7.47. The Morgan fingerprint density at radius 1 is 0.939 bits per heavy atom. The van der Waals surface area contributed by atoms with Crippen molar-refractivity contribution in [1.29, 1.82) is 0 Å². The van der Waals surface area contributed by atoms with E-state index in [1.165, 1.54) is 7.11 Å². The van der Waals surface area contributed by atoms with Gasteiger partial charge in [0.1, 0.15) is 0 Å². The van der Waals surface area contributed by atoms with Crippen molar-refractivity contribution in [3.8, 4) is 0 Å². The number of hydrogen-bond donors (Lipinski definition) is 1. The molecule has 1 N–H and O–H groups in total. The van der Waals surface area contributed by atoms with Gasteiger partial charge < -0.3 is 24.6 Å². The van der Waals surface area contributed by atoms with E-state index >= 15 is 0 Å². The van der Waals surface area contributed by atoms with E-state index in [0.717, 1.165) is 63.0 Å². The fourth-order valence-electron chi connectivity index (χ4n) is 4.35. The molecule has 176 valence electrons. The van der Waals surface area contributed by atoms with Crippen LogP contribution in [0.2, 0.25) is 0 Å². The third kappa shape index (κ3) is 5.83. The molecule has 2 aliphatic rings. The lowest BCUT2D eigenvalue weighted by atomic mass is 10.1. The summed E-state index contributed by atoms with van der Waals surface area (Å²) in [6.45, 7) is 8.23. The Morgan fingerprint density at radius 3 is 2.21 bits per heavy atom. The van der Waals surface area contributed by atoms with Gasteiger partial charge >= 0.3 is 5.97 Å². The zero-order valence-electron chi connectivity index (χ0n) is 19.3. The van der Waals surface area contributed by atoms with Gasteiger partial charge in [-0.15, -0.1) is 0 Å². The number of morpholine rings is 1. The number of amides is 1. The molecule has 0 saturated carbocycles. The van der Waals surface area contributed by atoms with Crippen LogP contribution in [0.5, 0.6) is 0 Å². The number of anilines is 3. The number of esters is 1. The second-order valence-corrected chi connectivity index (χ2v) is 8.50. The first-order valence-electron chi connectivity index (χ1n) is 11.4. The van der Waals surface area contributed by atoms with Gasteiger partial charge in [-0.25, -0.2) is 4.79 Å². The number of rotatable bonds is 6. The molecule has 0 aromatic heterocycles. The highest BCUT2D eigenvalue weighted by atomic mass is 16.5. The standard InChI is InChI=1S/C25H32N4O4/c1-19-17-29(23-7-3-20(4-8-23)25(31)32-2)12-11-28(19)18-24(30)26-21-5-9-22(10-6-21)27-13-15-33-16-14-27/h3-10,19H,11-18H2,1-2H3,(H,26,30). The number of hydrogen-bond acceptors (Lipinski definition) is 7. The number of benzene rings is 2. The van der Waals surface area contributed by atoms with Gasteiger partial charge in [0.25, 0.3) is 0 Å². The van der Waals surface area contributed by atoms with Gasteiger partial charge in [0.15, 0.2) is 0 Å². The molecule has 8 heteroatoms. The minimum atomic E-state index is -0.332. The second kappa shape index (κ2) is 10.7. The van der Waals surface area contributed by atoms with Crippen LogP contribution in [0, 0.1) is 0 Å². The zero-order valence-corrected chi connectivity index (χ0v) is 19.3. The number of nitrogens with zero attached hydrogens (tertiary/aromatic N) is 3. The summed E-state index contributed by atoms with van der Waals surface area (Å²) >= 11 is 0. The summed E-state index contributed by atoms with van der Waals surface area (Å²) in [5.41, 5.74) is 3.58. The van der Waals surface area contributed by atoms with Crippen LogP contribution in [0.4, 0.5) is 17.1 Å². The summed E-state index contributed by atoms with van der Waals surface area (Å²) in [6.07, 6.45) is 0. The molecule has 2 aromatic rings. The Morgan fingerprint density at radius 2 is 1.58 bits per heavy atom. The van der Waals surface area contributed by atoms with Crippen LogP contribution in [0.3, 0.4) is 0 Å². The van der Waals surface area contributed by atoms with Gasteiger partial charge in [-0.2, -0.15) is 0 Å². The van der Waals surface area contributed by atoms with Crippen LogP contribution in [-0.2, 0) is 14.3 Å². The normalized spacial score (nSPS) is 19.3. The minimum Gasteiger partial charge on any atom is -0.465 e. The van der Waals surface area contributed by atoms with Gasteiger partial charge in [-0.05, 0) is 55.5 Å². The van der Waals surface area contributed by atoms with Gasteiger partial charge in [-0.3, -0.25) is 9.69 Å². The van der Waals surface area contributed by atoms with E-state index in [9.17, 15) is 9.59 Å². The predicted octanol–water partition coefficient (Wildman–Crippen LogP) is 2.46. The summed E-state index contributed by atoms with van der Waals surface area (Å²) in [7, 11) is 1.38. The summed E-state index contributed by atoms with van der Waals surface area (Å²) in [6, 6.07) is 15.7. The molecule has 1 unspecified atom stereocenters. The smallest absolute Gasteiger partial charge is 0.337 e. The van der Waals surface area contributed by atoms with Crippen molar-refractivity contribution in [3.05, 3.63) is 54.1 Å². The molecule has 2 fully saturated rings. The second-order valence-electron chi connectivity index (χ2n) is 8.50. The van der Waals surface area contributed by atoms with Crippen molar-refractivity contribution in [1.82, 2.24) is 4.90 Å². The largest absolute Gasteiger partial charge is 0.465 e. The minimum absolute atomic E-state index is 0.00291. The molecule has 33 heavy (non-hydrogen) atoms. The van der Waals surface area contributed by atoms with Crippen LogP contribution in [0.25, 0.3) is 0 Å².